The highest BCUT2D eigenvalue weighted by atomic mass is 16.1. The summed E-state index contributed by atoms with van der Waals surface area (Å²) in [6.07, 6.45) is 5.12. The van der Waals surface area contributed by atoms with Gasteiger partial charge in [-0.25, -0.2) is 4.98 Å². The van der Waals surface area contributed by atoms with Gasteiger partial charge in [0.25, 0.3) is 0 Å². The first-order valence-electron chi connectivity index (χ1n) is 10.7. The van der Waals surface area contributed by atoms with E-state index in [9.17, 15) is 4.79 Å². The molecular formula is C25H18N8O. The number of fused-ring (bicyclic) bond motifs is 2. The van der Waals surface area contributed by atoms with Crippen LogP contribution in [0.3, 0.4) is 0 Å². The molecule has 6 aromatic rings. The number of imidazole rings is 1. The molecule has 34 heavy (non-hydrogen) atoms. The van der Waals surface area contributed by atoms with Crippen molar-refractivity contribution in [3.63, 3.8) is 0 Å². The van der Waals surface area contributed by atoms with Crippen molar-refractivity contribution >= 4 is 28.3 Å². The maximum Gasteiger partial charge on any atom is 0.244 e. The van der Waals surface area contributed by atoms with Gasteiger partial charge in [0.1, 0.15) is 6.54 Å². The van der Waals surface area contributed by atoms with E-state index in [0.717, 1.165) is 27.9 Å². The largest absolute Gasteiger partial charge is 0.325 e. The molecule has 0 aliphatic rings. The Hall–Kier alpha value is -4.92. The molecule has 6 rings (SSSR count). The van der Waals surface area contributed by atoms with E-state index < -0.39 is 0 Å². The summed E-state index contributed by atoms with van der Waals surface area (Å²) in [4.78, 5) is 21.1. The van der Waals surface area contributed by atoms with Crippen LogP contribution in [0.15, 0.2) is 91.5 Å². The molecule has 4 aromatic heterocycles. The molecule has 164 valence electrons. The van der Waals surface area contributed by atoms with Crippen LogP contribution in [0.2, 0.25) is 0 Å². The van der Waals surface area contributed by atoms with Crippen LogP contribution in [0.5, 0.6) is 0 Å². The Morgan fingerprint density at radius 3 is 2.62 bits per heavy atom. The van der Waals surface area contributed by atoms with Crippen LogP contribution in [0.1, 0.15) is 0 Å². The highest BCUT2D eigenvalue weighted by molar-refractivity contribution is 5.91. The van der Waals surface area contributed by atoms with Gasteiger partial charge in [-0.3, -0.25) is 9.78 Å². The van der Waals surface area contributed by atoms with E-state index in [1.807, 2.05) is 77.4 Å². The van der Waals surface area contributed by atoms with E-state index in [-0.39, 0.29) is 12.5 Å². The normalized spacial score (nSPS) is 11.2. The number of pyridine rings is 1. The fourth-order valence-electron chi connectivity index (χ4n) is 3.83. The number of amides is 1. The van der Waals surface area contributed by atoms with Crippen molar-refractivity contribution < 1.29 is 4.79 Å². The standard InChI is InChI=1S/C25H18N8O/c34-24(15-32-16-27-21-5-1-2-6-22(21)32)28-19-9-7-17(8-10-19)20-11-12-23-29-30-25(33(23)31-20)18-4-3-13-26-14-18/h1-14,16H,15H2,(H,28,34). The van der Waals surface area contributed by atoms with Crippen LogP contribution in [-0.4, -0.2) is 40.3 Å². The Balaban J connectivity index is 1.21. The fourth-order valence-corrected chi connectivity index (χ4v) is 3.83. The first-order chi connectivity index (χ1) is 16.7. The second-order valence-corrected chi connectivity index (χ2v) is 7.74. The van der Waals surface area contributed by atoms with Gasteiger partial charge in [-0.15, -0.1) is 10.2 Å². The maximum atomic E-state index is 12.6. The smallest absolute Gasteiger partial charge is 0.244 e. The molecule has 9 heteroatoms. The molecule has 1 N–H and O–H groups in total. The van der Waals surface area contributed by atoms with Crippen molar-refractivity contribution in [1.82, 2.24) is 34.3 Å². The maximum absolute atomic E-state index is 12.6. The monoisotopic (exact) mass is 446 g/mol. The van der Waals surface area contributed by atoms with Gasteiger partial charge in [0.2, 0.25) is 5.91 Å². The third-order valence-corrected chi connectivity index (χ3v) is 5.49. The molecule has 0 unspecified atom stereocenters. The number of hydrogen-bond donors (Lipinski definition) is 1. The molecular weight excluding hydrogens is 428 g/mol. The molecule has 0 aliphatic carbocycles. The second kappa shape index (κ2) is 8.21. The number of nitrogens with one attached hydrogen (secondary N) is 1. The van der Waals surface area contributed by atoms with Crippen molar-refractivity contribution in [2.24, 2.45) is 0 Å². The number of hydrogen-bond acceptors (Lipinski definition) is 6. The lowest BCUT2D eigenvalue weighted by atomic mass is 10.1. The summed E-state index contributed by atoms with van der Waals surface area (Å²) in [7, 11) is 0. The topological polar surface area (TPSA) is 103 Å². The SMILES string of the molecule is O=C(Cn1cnc2ccccc21)Nc1ccc(-c2ccc3nnc(-c4cccnc4)n3n2)cc1. The fraction of sp³-hybridized carbons (Fsp3) is 0.0400. The van der Waals surface area contributed by atoms with Crippen molar-refractivity contribution in [3.8, 4) is 22.6 Å². The van der Waals surface area contributed by atoms with E-state index in [1.165, 1.54) is 0 Å². The molecule has 0 bridgehead atoms. The van der Waals surface area contributed by atoms with Crippen molar-refractivity contribution in [1.29, 1.82) is 0 Å². The molecule has 0 saturated carbocycles. The summed E-state index contributed by atoms with van der Waals surface area (Å²) in [5.74, 6) is 0.502. The first kappa shape index (κ1) is 19.7. The minimum atomic E-state index is -0.124. The van der Waals surface area contributed by atoms with Gasteiger partial charge in [-0.1, -0.05) is 24.3 Å². The zero-order chi connectivity index (χ0) is 22.9. The number of aromatic nitrogens is 7. The minimum absolute atomic E-state index is 0.124. The van der Waals surface area contributed by atoms with Crippen molar-refractivity contribution in [3.05, 3.63) is 91.5 Å². The Bertz CT molecular complexity index is 1620. The summed E-state index contributed by atoms with van der Waals surface area (Å²) in [6, 6.07) is 22.8. The lowest BCUT2D eigenvalue weighted by Gasteiger charge is -2.08. The Morgan fingerprint density at radius 2 is 1.76 bits per heavy atom. The van der Waals surface area contributed by atoms with E-state index >= 15 is 0 Å². The number of para-hydroxylation sites is 2. The number of anilines is 1. The molecule has 4 heterocycles. The predicted molar refractivity (Wildman–Crippen MR) is 128 cm³/mol. The number of nitrogens with zero attached hydrogens (tertiary/aromatic N) is 7. The lowest BCUT2D eigenvalue weighted by Crippen LogP contribution is -2.18. The molecule has 0 radical (unpaired) electrons. The minimum Gasteiger partial charge on any atom is -0.325 e. The van der Waals surface area contributed by atoms with Gasteiger partial charge < -0.3 is 9.88 Å². The van der Waals surface area contributed by atoms with Crippen molar-refractivity contribution in [2.45, 2.75) is 6.54 Å². The van der Waals surface area contributed by atoms with E-state index in [2.05, 4.69) is 25.5 Å². The molecule has 1 amide bonds. The highest BCUT2D eigenvalue weighted by Crippen LogP contribution is 2.22. The lowest BCUT2D eigenvalue weighted by molar-refractivity contribution is -0.116. The van der Waals surface area contributed by atoms with Crippen LogP contribution >= 0.6 is 0 Å². The summed E-state index contributed by atoms with van der Waals surface area (Å²) >= 11 is 0. The van der Waals surface area contributed by atoms with Gasteiger partial charge in [-0.2, -0.15) is 9.61 Å². The quantitative estimate of drug-likeness (QED) is 0.432. The molecule has 0 atom stereocenters. The van der Waals surface area contributed by atoms with Crippen LogP contribution in [0.4, 0.5) is 5.69 Å². The van der Waals surface area contributed by atoms with Gasteiger partial charge in [0.05, 0.1) is 23.1 Å². The van der Waals surface area contributed by atoms with Crippen LogP contribution < -0.4 is 5.32 Å². The number of rotatable bonds is 5. The van der Waals surface area contributed by atoms with E-state index in [1.54, 1.807) is 23.2 Å². The van der Waals surface area contributed by atoms with Crippen LogP contribution in [0.25, 0.3) is 39.3 Å². The third-order valence-electron chi connectivity index (χ3n) is 5.49. The van der Waals surface area contributed by atoms with Gasteiger partial charge in [0, 0.05) is 29.2 Å². The van der Waals surface area contributed by atoms with Crippen LogP contribution in [-0.2, 0) is 11.3 Å². The summed E-state index contributed by atoms with van der Waals surface area (Å²) in [6.45, 7) is 0.186. The molecule has 2 aromatic carbocycles. The Labute approximate surface area is 193 Å². The molecule has 0 fully saturated rings. The number of carbonyl (C=O) groups is 1. The molecule has 9 nitrogen and oxygen atoms in total. The molecule has 0 aliphatic heterocycles. The average Bonchev–Trinajstić information content (AvgIpc) is 3.49. The van der Waals surface area contributed by atoms with E-state index in [4.69, 9.17) is 5.10 Å². The zero-order valence-corrected chi connectivity index (χ0v) is 17.9. The number of benzene rings is 2. The summed E-state index contributed by atoms with van der Waals surface area (Å²) in [5.41, 5.74) is 5.66. The summed E-state index contributed by atoms with van der Waals surface area (Å²) in [5, 5.41) is 16.1. The Morgan fingerprint density at radius 1 is 0.882 bits per heavy atom. The summed E-state index contributed by atoms with van der Waals surface area (Å²) < 4.78 is 3.54. The molecule has 0 saturated heterocycles. The van der Waals surface area contributed by atoms with Gasteiger partial charge >= 0.3 is 0 Å². The Kier molecular flexibility index (Phi) is 4.77. The predicted octanol–water partition coefficient (Wildman–Crippen LogP) is 3.84. The first-order valence-corrected chi connectivity index (χ1v) is 10.7. The van der Waals surface area contributed by atoms with E-state index in [0.29, 0.717) is 17.2 Å². The van der Waals surface area contributed by atoms with Crippen molar-refractivity contribution in [2.75, 3.05) is 5.32 Å². The van der Waals surface area contributed by atoms with Gasteiger partial charge in [0.15, 0.2) is 11.5 Å². The average molecular weight is 446 g/mol. The molecule has 0 spiro atoms. The van der Waals surface area contributed by atoms with Crippen LogP contribution in [0, 0.1) is 0 Å². The highest BCUT2D eigenvalue weighted by Gasteiger charge is 2.12. The number of carbonyl (C=O) groups excluding carboxylic acids is 1. The second-order valence-electron chi connectivity index (χ2n) is 7.74. The van der Waals surface area contributed by atoms with Gasteiger partial charge in [-0.05, 0) is 48.5 Å². The third kappa shape index (κ3) is 3.65. The zero-order valence-electron chi connectivity index (χ0n) is 17.9.